The molecule has 3 heteroatoms. The van der Waals surface area contributed by atoms with Crippen molar-refractivity contribution in [3.05, 3.63) is 29.3 Å². The summed E-state index contributed by atoms with van der Waals surface area (Å²) in [5, 5.41) is 3.18. The van der Waals surface area contributed by atoms with Crippen LogP contribution in [0.15, 0.2) is 18.2 Å². The van der Waals surface area contributed by atoms with Gasteiger partial charge in [-0.15, -0.1) is 0 Å². The molecule has 0 aromatic heterocycles. The second kappa shape index (κ2) is 4.08. The highest BCUT2D eigenvalue weighted by Crippen LogP contribution is 2.28. The summed E-state index contributed by atoms with van der Waals surface area (Å²) < 4.78 is 0. The third-order valence-electron chi connectivity index (χ3n) is 3.02. The normalized spacial score (nSPS) is 18.9. The van der Waals surface area contributed by atoms with Crippen molar-refractivity contribution in [2.45, 2.75) is 32.7 Å². The van der Waals surface area contributed by atoms with Gasteiger partial charge in [-0.25, -0.2) is 0 Å². The third kappa shape index (κ3) is 1.73. The Hall–Kier alpha value is -1.64. The van der Waals surface area contributed by atoms with Gasteiger partial charge in [-0.2, -0.15) is 0 Å². The van der Waals surface area contributed by atoms with E-state index in [2.05, 4.69) is 5.32 Å². The lowest BCUT2D eigenvalue weighted by molar-refractivity contribution is -0.119. The summed E-state index contributed by atoms with van der Waals surface area (Å²) in [6.07, 6.45) is 0.745. The molecule has 16 heavy (non-hydrogen) atoms. The zero-order valence-corrected chi connectivity index (χ0v) is 9.54. The number of anilines is 1. The van der Waals surface area contributed by atoms with Crippen LogP contribution in [-0.2, 0) is 4.79 Å². The van der Waals surface area contributed by atoms with E-state index in [0.717, 1.165) is 11.3 Å². The topological polar surface area (TPSA) is 46.2 Å². The molecule has 1 N–H and O–H groups in total. The molecule has 0 amide bonds. The summed E-state index contributed by atoms with van der Waals surface area (Å²) in [4.78, 5) is 23.5. The summed E-state index contributed by atoms with van der Waals surface area (Å²) >= 11 is 0. The molecule has 0 fully saturated rings. The van der Waals surface area contributed by atoms with Crippen LogP contribution < -0.4 is 5.32 Å². The number of Topliss-reactive ketones (excluding diaryl/α,β-unsaturated/α-hetero) is 2. The molecular formula is C13H15NO2. The molecule has 1 atom stereocenters. The molecule has 0 saturated carbocycles. The Kier molecular flexibility index (Phi) is 2.77. The molecule has 0 aliphatic carbocycles. The van der Waals surface area contributed by atoms with Gasteiger partial charge in [0.15, 0.2) is 11.6 Å². The molecule has 1 unspecified atom stereocenters. The Labute approximate surface area is 94.9 Å². The SMILES string of the molecule is CCC(=O)C1CC(=O)c2cccc(C)c2N1. The van der Waals surface area contributed by atoms with Gasteiger partial charge in [0.2, 0.25) is 0 Å². The summed E-state index contributed by atoms with van der Waals surface area (Å²) in [5.41, 5.74) is 2.55. The Morgan fingerprint density at radius 2 is 2.25 bits per heavy atom. The molecular weight excluding hydrogens is 202 g/mol. The van der Waals surface area contributed by atoms with E-state index >= 15 is 0 Å². The van der Waals surface area contributed by atoms with Crippen molar-refractivity contribution in [1.82, 2.24) is 0 Å². The van der Waals surface area contributed by atoms with Crippen molar-refractivity contribution < 1.29 is 9.59 Å². The highest BCUT2D eigenvalue weighted by Gasteiger charge is 2.28. The summed E-state index contributed by atoms with van der Waals surface area (Å²) in [6.45, 7) is 3.76. The maximum atomic E-state index is 11.9. The van der Waals surface area contributed by atoms with Gasteiger partial charge in [-0.3, -0.25) is 9.59 Å². The first-order valence-electron chi connectivity index (χ1n) is 5.55. The predicted octanol–water partition coefficient (Wildman–Crippen LogP) is 2.34. The lowest BCUT2D eigenvalue weighted by atomic mass is 9.92. The van der Waals surface area contributed by atoms with Crippen molar-refractivity contribution in [3.8, 4) is 0 Å². The van der Waals surface area contributed by atoms with E-state index in [1.165, 1.54) is 0 Å². The van der Waals surface area contributed by atoms with Crippen LogP contribution in [-0.4, -0.2) is 17.6 Å². The minimum Gasteiger partial charge on any atom is -0.374 e. The van der Waals surface area contributed by atoms with Gasteiger partial charge in [0.1, 0.15) is 0 Å². The molecule has 0 bridgehead atoms. The molecule has 1 heterocycles. The minimum absolute atomic E-state index is 0.0595. The lowest BCUT2D eigenvalue weighted by Gasteiger charge is -2.26. The Bertz CT molecular complexity index is 451. The fraction of sp³-hybridized carbons (Fsp3) is 0.385. The third-order valence-corrected chi connectivity index (χ3v) is 3.02. The van der Waals surface area contributed by atoms with Gasteiger partial charge < -0.3 is 5.32 Å². The van der Waals surface area contributed by atoms with Crippen molar-refractivity contribution in [3.63, 3.8) is 0 Å². The maximum Gasteiger partial charge on any atom is 0.167 e. The first-order chi connectivity index (χ1) is 7.63. The number of hydrogen-bond donors (Lipinski definition) is 1. The van der Waals surface area contributed by atoms with Crippen LogP contribution in [0.25, 0.3) is 0 Å². The summed E-state index contributed by atoms with van der Waals surface area (Å²) in [7, 11) is 0. The number of carbonyl (C=O) groups is 2. The lowest BCUT2D eigenvalue weighted by Crippen LogP contribution is -2.36. The predicted molar refractivity (Wildman–Crippen MR) is 62.8 cm³/mol. The van der Waals surface area contributed by atoms with Crippen molar-refractivity contribution in [1.29, 1.82) is 0 Å². The molecule has 3 nitrogen and oxygen atoms in total. The van der Waals surface area contributed by atoms with E-state index in [9.17, 15) is 9.59 Å². The number of benzene rings is 1. The molecule has 0 radical (unpaired) electrons. The molecule has 1 aliphatic rings. The number of para-hydroxylation sites is 1. The van der Waals surface area contributed by atoms with E-state index in [0.29, 0.717) is 12.0 Å². The Morgan fingerprint density at radius 1 is 1.50 bits per heavy atom. The fourth-order valence-electron chi connectivity index (χ4n) is 2.05. The quantitative estimate of drug-likeness (QED) is 0.827. The van der Waals surface area contributed by atoms with E-state index in [4.69, 9.17) is 0 Å². The average Bonchev–Trinajstić information content (AvgIpc) is 2.29. The number of nitrogens with one attached hydrogen (secondary N) is 1. The van der Waals surface area contributed by atoms with Gasteiger partial charge in [0.25, 0.3) is 0 Å². The van der Waals surface area contributed by atoms with Gasteiger partial charge in [-0.1, -0.05) is 19.1 Å². The van der Waals surface area contributed by atoms with Gasteiger partial charge in [-0.05, 0) is 18.6 Å². The number of hydrogen-bond acceptors (Lipinski definition) is 3. The number of aryl methyl sites for hydroxylation is 1. The van der Waals surface area contributed by atoms with E-state index in [1.54, 1.807) is 0 Å². The molecule has 2 rings (SSSR count). The van der Waals surface area contributed by atoms with Crippen molar-refractivity contribution >= 4 is 17.3 Å². The number of rotatable bonds is 2. The van der Waals surface area contributed by atoms with Crippen LogP contribution in [0.1, 0.15) is 35.7 Å². The smallest absolute Gasteiger partial charge is 0.167 e. The number of ketones is 2. The van der Waals surface area contributed by atoms with Crippen LogP contribution in [0.3, 0.4) is 0 Å². The van der Waals surface area contributed by atoms with Crippen LogP contribution in [0.4, 0.5) is 5.69 Å². The molecule has 0 spiro atoms. The van der Waals surface area contributed by atoms with Crippen LogP contribution >= 0.6 is 0 Å². The minimum atomic E-state index is -0.342. The van der Waals surface area contributed by atoms with Crippen LogP contribution in [0.2, 0.25) is 0 Å². The Balaban J connectivity index is 2.39. The van der Waals surface area contributed by atoms with Gasteiger partial charge in [0, 0.05) is 24.1 Å². The zero-order valence-electron chi connectivity index (χ0n) is 9.54. The maximum absolute atomic E-state index is 11.9. The van der Waals surface area contributed by atoms with Crippen molar-refractivity contribution in [2.75, 3.05) is 5.32 Å². The zero-order chi connectivity index (χ0) is 11.7. The van der Waals surface area contributed by atoms with E-state index in [1.807, 2.05) is 32.0 Å². The highest BCUT2D eigenvalue weighted by atomic mass is 16.1. The Morgan fingerprint density at radius 3 is 2.94 bits per heavy atom. The second-order valence-electron chi connectivity index (χ2n) is 4.14. The molecule has 84 valence electrons. The van der Waals surface area contributed by atoms with Gasteiger partial charge in [0.05, 0.1) is 6.04 Å². The highest BCUT2D eigenvalue weighted by molar-refractivity contribution is 6.08. The molecule has 0 saturated heterocycles. The van der Waals surface area contributed by atoms with Gasteiger partial charge >= 0.3 is 0 Å². The molecule has 1 aliphatic heterocycles. The van der Waals surface area contributed by atoms with Crippen molar-refractivity contribution in [2.24, 2.45) is 0 Å². The second-order valence-corrected chi connectivity index (χ2v) is 4.14. The molecule has 1 aromatic carbocycles. The standard InChI is InChI=1S/C13H15NO2/c1-3-11(15)10-7-12(16)9-6-4-5-8(2)13(9)14-10/h4-6,10,14H,3,7H2,1-2H3. The number of carbonyl (C=O) groups excluding carboxylic acids is 2. The number of fused-ring (bicyclic) bond motifs is 1. The summed E-state index contributed by atoms with van der Waals surface area (Å²) in [5.74, 6) is 0.159. The van der Waals surface area contributed by atoms with Crippen LogP contribution in [0, 0.1) is 6.92 Å². The first kappa shape index (κ1) is 10.9. The largest absolute Gasteiger partial charge is 0.374 e. The average molecular weight is 217 g/mol. The fourth-order valence-corrected chi connectivity index (χ4v) is 2.05. The van der Waals surface area contributed by atoms with E-state index < -0.39 is 0 Å². The monoisotopic (exact) mass is 217 g/mol. The summed E-state index contributed by atoms with van der Waals surface area (Å²) in [6, 6.07) is 5.28. The van der Waals surface area contributed by atoms with Crippen LogP contribution in [0.5, 0.6) is 0 Å². The molecule has 1 aromatic rings. The van der Waals surface area contributed by atoms with E-state index in [-0.39, 0.29) is 24.0 Å². The first-order valence-corrected chi connectivity index (χ1v) is 5.55.